The summed E-state index contributed by atoms with van der Waals surface area (Å²) in [4.78, 5) is 18.0. The van der Waals surface area contributed by atoms with E-state index in [9.17, 15) is 17.2 Å². The number of fused-ring (bicyclic) bond motifs is 1. The maximum Gasteiger partial charge on any atom is 0.387 e. The van der Waals surface area contributed by atoms with Crippen LogP contribution in [0.5, 0.6) is 5.75 Å². The molecule has 5 rings (SSSR count). The molecule has 40 heavy (non-hydrogen) atoms. The van der Waals surface area contributed by atoms with Crippen LogP contribution in [0.4, 0.5) is 20.5 Å². The minimum Gasteiger partial charge on any atom is -0.433 e. The first-order valence-electron chi connectivity index (χ1n) is 13.2. The van der Waals surface area contributed by atoms with Crippen LogP contribution in [0.2, 0.25) is 0 Å². The van der Waals surface area contributed by atoms with Crippen LogP contribution < -0.4 is 14.8 Å². The van der Waals surface area contributed by atoms with Crippen LogP contribution in [-0.2, 0) is 16.4 Å². The SMILES string of the molecule is CCc1cc(-c2ccc(NS(=O)(=O)c3ccccc3OC(F)F)nc2C)nc2cnc(NC3CCCCC3)nc12. The van der Waals surface area contributed by atoms with Crippen LogP contribution in [0.25, 0.3) is 22.3 Å². The third-order valence-corrected chi connectivity index (χ3v) is 8.29. The molecule has 0 spiro atoms. The number of hydrogen-bond donors (Lipinski definition) is 2. The lowest BCUT2D eigenvalue weighted by molar-refractivity contribution is -0.0517. The third kappa shape index (κ3) is 6.11. The van der Waals surface area contributed by atoms with Gasteiger partial charge in [0.2, 0.25) is 5.95 Å². The summed E-state index contributed by atoms with van der Waals surface area (Å²) in [6, 6.07) is 10.8. The van der Waals surface area contributed by atoms with Gasteiger partial charge in [-0.3, -0.25) is 4.72 Å². The van der Waals surface area contributed by atoms with E-state index in [1.54, 1.807) is 19.2 Å². The Labute approximate surface area is 231 Å². The summed E-state index contributed by atoms with van der Waals surface area (Å²) in [6.45, 7) is 0.628. The molecule has 1 aliphatic rings. The predicted molar refractivity (Wildman–Crippen MR) is 149 cm³/mol. The number of ether oxygens (including phenoxy) is 1. The summed E-state index contributed by atoms with van der Waals surface area (Å²) in [5.74, 6) is 0.190. The Morgan fingerprint density at radius 1 is 1.05 bits per heavy atom. The first-order chi connectivity index (χ1) is 19.2. The number of anilines is 2. The summed E-state index contributed by atoms with van der Waals surface area (Å²) < 4.78 is 58.2. The minimum atomic E-state index is -4.25. The Kier molecular flexibility index (Phi) is 8.06. The maximum atomic E-state index is 12.9. The monoisotopic (exact) mass is 568 g/mol. The summed E-state index contributed by atoms with van der Waals surface area (Å²) in [7, 11) is -4.25. The molecule has 12 heteroatoms. The second kappa shape index (κ2) is 11.7. The van der Waals surface area contributed by atoms with Gasteiger partial charge in [0, 0.05) is 17.3 Å². The highest BCUT2D eigenvalue weighted by Crippen LogP contribution is 2.30. The average Bonchev–Trinajstić information content (AvgIpc) is 2.93. The summed E-state index contributed by atoms with van der Waals surface area (Å²) in [5, 5.41) is 3.47. The van der Waals surface area contributed by atoms with Gasteiger partial charge in [0.15, 0.2) is 0 Å². The lowest BCUT2D eigenvalue weighted by atomic mass is 9.96. The summed E-state index contributed by atoms with van der Waals surface area (Å²) in [6.07, 6.45) is 8.39. The van der Waals surface area contributed by atoms with Gasteiger partial charge in [0.25, 0.3) is 10.0 Å². The van der Waals surface area contributed by atoms with Crippen molar-refractivity contribution < 1.29 is 21.9 Å². The van der Waals surface area contributed by atoms with Gasteiger partial charge in [0.05, 0.1) is 17.4 Å². The molecule has 3 aromatic heterocycles. The molecule has 0 bridgehead atoms. The van der Waals surface area contributed by atoms with Gasteiger partial charge in [0.1, 0.15) is 22.0 Å². The number of alkyl halides is 2. The Morgan fingerprint density at radius 2 is 1.82 bits per heavy atom. The molecule has 0 amide bonds. The molecule has 1 aliphatic carbocycles. The number of halogens is 2. The van der Waals surface area contributed by atoms with Gasteiger partial charge < -0.3 is 10.1 Å². The molecule has 2 N–H and O–H groups in total. The number of aryl methyl sites for hydroxylation is 2. The first kappa shape index (κ1) is 27.6. The van der Waals surface area contributed by atoms with Crippen LogP contribution >= 0.6 is 0 Å². The number of pyridine rings is 2. The molecule has 0 unspecified atom stereocenters. The van der Waals surface area contributed by atoms with Crippen molar-refractivity contribution in [1.29, 1.82) is 0 Å². The largest absolute Gasteiger partial charge is 0.433 e. The van der Waals surface area contributed by atoms with Crippen molar-refractivity contribution in [3.63, 3.8) is 0 Å². The smallest absolute Gasteiger partial charge is 0.387 e. The number of hydrogen-bond acceptors (Lipinski definition) is 8. The van der Waals surface area contributed by atoms with Crippen molar-refractivity contribution in [1.82, 2.24) is 19.9 Å². The quantitative estimate of drug-likeness (QED) is 0.248. The highest BCUT2D eigenvalue weighted by atomic mass is 32.2. The molecule has 0 saturated heterocycles. The molecular formula is C28H30F2N6O3S. The minimum absolute atomic E-state index is 0.0337. The number of sulfonamides is 1. The molecule has 0 radical (unpaired) electrons. The van der Waals surface area contributed by atoms with Crippen LogP contribution in [0.1, 0.15) is 50.3 Å². The van der Waals surface area contributed by atoms with Crippen molar-refractivity contribution in [2.24, 2.45) is 0 Å². The fourth-order valence-electron chi connectivity index (χ4n) is 4.94. The normalized spacial score (nSPS) is 14.4. The van der Waals surface area contributed by atoms with Gasteiger partial charge in [-0.1, -0.05) is 38.3 Å². The highest BCUT2D eigenvalue weighted by Gasteiger charge is 2.23. The lowest BCUT2D eigenvalue weighted by Gasteiger charge is -2.22. The molecule has 9 nitrogen and oxygen atoms in total. The van der Waals surface area contributed by atoms with Crippen molar-refractivity contribution in [2.75, 3.05) is 10.0 Å². The Morgan fingerprint density at radius 3 is 2.55 bits per heavy atom. The fourth-order valence-corrected chi connectivity index (χ4v) is 6.08. The zero-order chi connectivity index (χ0) is 28.3. The second-order valence-electron chi connectivity index (χ2n) is 9.69. The van der Waals surface area contributed by atoms with E-state index in [4.69, 9.17) is 9.97 Å². The van der Waals surface area contributed by atoms with E-state index in [2.05, 4.69) is 24.7 Å². The average molecular weight is 569 g/mol. The van der Waals surface area contributed by atoms with Crippen LogP contribution in [0.3, 0.4) is 0 Å². The number of nitrogens with zero attached hydrogens (tertiary/aromatic N) is 4. The zero-order valence-corrected chi connectivity index (χ0v) is 23.0. The van der Waals surface area contributed by atoms with Gasteiger partial charge >= 0.3 is 6.61 Å². The molecule has 210 valence electrons. The molecule has 3 heterocycles. The standard InChI is InChI=1S/C28H30F2N6O3S/c1-3-18-15-21(34-22-16-31-28(35-26(18)22)33-19-9-5-4-6-10-19)20-13-14-25(32-17(20)2)36-40(37,38)24-12-8-7-11-23(24)39-27(29)30/h7-8,11-16,19,27H,3-6,9-10H2,1-2H3,(H,32,36)(H,31,33,35). The summed E-state index contributed by atoms with van der Waals surface area (Å²) in [5.41, 5.74) is 4.36. The molecule has 0 atom stereocenters. The van der Waals surface area contributed by atoms with Crippen LogP contribution in [-0.4, -0.2) is 41.0 Å². The zero-order valence-electron chi connectivity index (χ0n) is 22.2. The Balaban J connectivity index is 1.41. The predicted octanol–water partition coefficient (Wildman–Crippen LogP) is 6.10. The van der Waals surface area contributed by atoms with Gasteiger partial charge in [-0.15, -0.1) is 0 Å². The van der Waals surface area contributed by atoms with Crippen LogP contribution in [0, 0.1) is 6.92 Å². The van der Waals surface area contributed by atoms with Crippen molar-refractivity contribution in [2.45, 2.75) is 69.9 Å². The van der Waals surface area contributed by atoms with Crippen LogP contribution in [0.15, 0.2) is 53.6 Å². The van der Waals surface area contributed by atoms with E-state index in [0.717, 1.165) is 36.4 Å². The van der Waals surface area contributed by atoms with Gasteiger partial charge in [-0.05, 0) is 62.1 Å². The van der Waals surface area contributed by atoms with Gasteiger partial charge in [-0.2, -0.15) is 8.78 Å². The van der Waals surface area contributed by atoms with Crippen molar-refractivity contribution >= 4 is 32.8 Å². The number of aromatic nitrogens is 4. The molecule has 1 aromatic carbocycles. The fraction of sp³-hybridized carbons (Fsp3) is 0.357. The summed E-state index contributed by atoms with van der Waals surface area (Å²) >= 11 is 0. The maximum absolute atomic E-state index is 12.9. The Bertz CT molecular complexity index is 1630. The number of para-hydroxylation sites is 1. The number of benzene rings is 1. The lowest BCUT2D eigenvalue weighted by Crippen LogP contribution is -2.23. The van der Waals surface area contributed by atoms with Crippen molar-refractivity contribution in [3.8, 4) is 17.0 Å². The first-order valence-corrected chi connectivity index (χ1v) is 14.7. The van der Waals surface area contributed by atoms with E-state index in [-0.39, 0.29) is 5.82 Å². The second-order valence-corrected chi connectivity index (χ2v) is 11.3. The third-order valence-electron chi connectivity index (χ3n) is 6.90. The van der Waals surface area contributed by atoms with Gasteiger partial charge in [-0.25, -0.2) is 28.4 Å². The van der Waals surface area contributed by atoms with Crippen molar-refractivity contribution in [3.05, 3.63) is 59.9 Å². The van der Waals surface area contributed by atoms with E-state index < -0.39 is 27.3 Å². The molecular weight excluding hydrogens is 538 g/mol. The number of nitrogens with one attached hydrogen (secondary N) is 2. The van der Waals surface area contributed by atoms with E-state index in [1.807, 2.05) is 13.0 Å². The topological polar surface area (TPSA) is 119 Å². The van der Waals surface area contributed by atoms with E-state index >= 15 is 0 Å². The van der Waals surface area contributed by atoms with E-state index in [1.165, 1.54) is 43.5 Å². The van der Waals surface area contributed by atoms with E-state index in [0.29, 0.717) is 34.5 Å². The molecule has 4 aromatic rings. The molecule has 1 fully saturated rings. The molecule has 1 saturated carbocycles. The Hall–Kier alpha value is -3.93. The number of rotatable bonds is 9. The molecule has 0 aliphatic heterocycles. The highest BCUT2D eigenvalue weighted by molar-refractivity contribution is 7.92.